The molecule has 0 bridgehead atoms. The van der Waals surface area contributed by atoms with E-state index in [0.29, 0.717) is 0 Å². The van der Waals surface area contributed by atoms with Gasteiger partial charge in [-0.05, 0) is 77.7 Å². The van der Waals surface area contributed by atoms with E-state index in [4.69, 9.17) is 0 Å². The van der Waals surface area contributed by atoms with Gasteiger partial charge in [0, 0.05) is 16.9 Å². The van der Waals surface area contributed by atoms with Crippen LogP contribution < -0.4 is 5.32 Å². The maximum absolute atomic E-state index is 4.27. The molecular weight excluding hydrogens is 300 g/mol. The van der Waals surface area contributed by atoms with Crippen LogP contribution in [0.15, 0.2) is 22.9 Å². The van der Waals surface area contributed by atoms with Gasteiger partial charge in [0.25, 0.3) is 0 Å². The van der Waals surface area contributed by atoms with E-state index in [0.717, 1.165) is 28.8 Å². The zero-order valence-electron chi connectivity index (χ0n) is 12.0. The summed E-state index contributed by atoms with van der Waals surface area (Å²) in [6.45, 7) is 6.87. The Labute approximate surface area is 125 Å². The Morgan fingerprint density at radius 3 is 2.84 bits per heavy atom. The van der Waals surface area contributed by atoms with E-state index in [9.17, 15) is 0 Å². The van der Waals surface area contributed by atoms with Crippen molar-refractivity contribution in [3.8, 4) is 0 Å². The number of hydrogen-bond acceptors (Lipinski definition) is 2. The lowest BCUT2D eigenvalue weighted by molar-refractivity contribution is 0.357. The number of nitrogens with zero attached hydrogens (tertiary/aromatic N) is 1. The zero-order valence-corrected chi connectivity index (χ0v) is 13.6. The van der Waals surface area contributed by atoms with Gasteiger partial charge in [-0.3, -0.25) is 4.98 Å². The van der Waals surface area contributed by atoms with E-state index in [2.05, 4.69) is 46.1 Å². The molecule has 2 atom stereocenters. The second-order valence-corrected chi connectivity index (χ2v) is 7.13. The summed E-state index contributed by atoms with van der Waals surface area (Å²) in [5.41, 5.74) is 1.37. The van der Waals surface area contributed by atoms with Gasteiger partial charge < -0.3 is 5.32 Å². The van der Waals surface area contributed by atoms with Gasteiger partial charge in [0.2, 0.25) is 0 Å². The third kappa shape index (κ3) is 4.88. The lowest BCUT2D eigenvalue weighted by atomic mass is 9.90. The summed E-state index contributed by atoms with van der Waals surface area (Å²) < 4.78 is 1.09. The molecule has 1 aromatic rings. The van der Waals surface area contributed by atoms with Crippen molar-refractivity contribution in [2.45, 2.75) is 39.5 Å². The largest absolute Gasteiger partial charge is 0.316 e. The summed E-state index contributed by atoms with van der Waals surface area (Å²) in [7, 11) is 0. The molecule has 2 unspecified atom stereocenters. The van der Waals surface area contributed by atoms with E-state index >= 15 is 0 Å². The SMILES string of the molecule is CC(C)CNCC1CCCC1Cc1cncc(Br)c1. The second-order valence-electron chi connectivity index (χ2n) is 6.22. The van der Waals surface area contributed by atoms with Crippen molar-refractivity contribution in [3.05, 3.63) is 28.5 Å². The van der Waals surface area contributed by atoms with Crippen LogP contribution in [0.5, 0.6) is 0 Å². The molecule has 106 valence electrons. The number of aromatic nitrogens is 1. The summed E-state index contributed by atoms with van der Waals surface area (Å²) in [5.74, 6) is 2.42. The predicted molar refractivity (Wildman–Crippen MR) is 84.2 cm³/mol. The maximum atomic E-state index is 4.27. The molecule has 0 aromatic carbocycles. The van der Waals surface area contributed by atoms with Crippen LogP contribution in [0.1, 0.15) is 38.7 Å². The number of hydrogen-bond donors (Lipinski definition) is 1. The molecule has 1 fully saturated rings. The van der Waals surface area contributed by atoms with Crippen LogP contribution in [0.3, 0.4) is 0 Å². The van der Waals surface area contributed by atoms with Crippen LogP contribution in [0.25, 0.3) is 0 Å². The normalized spacial score (nSPS) is 23.2. The molecule has 0 saturated heterocycles. The molecule has 2 nitrogen and oxygen atoms in total. The van der Waals surface area contributed by atoms with Crippen LogP contribution in [0, 0.1) is 17.8 Å². The maximum Gasteiger partial charge on any atom is 0.0410 e. The minimum atomic E-state index is 0.745. The van der Waals surface area contributed by atoms with Gasteiger partial charge >= 0.3 is 0 Å². The molecule has 1 aromatic heterocycles. The fraction of sp³-hybridized carbons (Fsp3) is 0.688. The fourth-order valence-electron chi connectivity index (χ4n) is 3.08. The quantitative estimate of drug-likeness (QED) is 0.853. The molecule has 1 N–H and O–H groups in total. The van der Waals surface area contributed by atoms with E-state index in [1.807, 2.05) is 12.4 Å². The van der Waals surface area contributed by atoms with E-state index < -0.39 is 0 Å². The predicted octanol–water partition coefficient (Wildman–Crippen LogP) is 4.05. The van der Waals surface area contributed by atoms with Gasteiger partial charge in [0.05, 0.1) is 0 Å². The fourth-order valence-corrected chi connectivity index (χ4v) is 3.49. The van der Waals surface area contributed by atoms with Gasteiger partial charge in [-0.2, -0.15) is 0 Å². The van der Waals surface area contributed by atoms with Crippen molar-refractivity contribution >= 4 is 15.9 Å². The third-order valence-corrected chi connectivity index (χ3v) is 4.47. The minimum absolute atomic E-state index is 0.745. The summed E-state index contributed by atoms with van der Waals surface area (Å²) in [6.07, 6.45) is 9.21. The Balaban J connectivity index is 1.84. The van der Waals surface area contributed by atoms with Gasteiger partial charge in [-0.25, -0.2) is 0 Å². The summed E-state index contributed by atoms with van der Waals surface area (Å²) in [4.78, 5) is 4.27. The van der Waals surface area contributed by atoms with Gasteiger partial charge in [-0.15, -0.1) is 0 Å². The molecule has 1 aliphatic rings. The molecule has 0 amide bonds. The van der Waals surface area contributed by atoms with E-state index in [-0.39, 0.29) is 0 Å². The van der Waals surface area contributed by atoms with Gasteiger partial charge in [0.15, 0.2) is 0 Å². The lowest BCUT2D eigenvalue weighted by Crippen LogP contribution is -2.29. The molecule has 2 rings (SSSR count). The zero-order chi connectivity index (χ0) is 13.7. The van der Waals surface area contributed by atoms with Crippen molar-refractivity contribution in [2.24, 2.45) is 17.8 Å². The summed E-state index contributed by atoms with van der Waals surface area (Å²) >= 11 is 3.51. The van der Waals surface area contributed by atoms with Crippen LogP contribution in [0.2, 0.25) is 0 Å². The Morgan fingerprint density at radius 1 is 1.32 bits per heavy atom. The van der Waals surface area contributed by atoms with Crippen LogP contribution in [-0.2, 0) is 6.42 Å². The molecule has 1 saturated carbocycles. The molecule has 0 spiro atoms. The second kappa shape index (κ2) is 7.39. The molecule has 0 aliphatic heterocycles. The van der Waals surface area contributed by atoms with Gasteiger partial charge in [-0.1, -0.05) is 20.3 Å². The Hall–Kier alpha value is -0.410. The smallest absolute Gasteiger partial charge is 0.0410 e. The van der Waals surface area contributed by atoms with Crippen molar-refractivity contribution in [3.63, 3.8) is 0 Å². The van der Waals surface area contributed by atoms with Crippen molar-refractivity contribution in [2.75, 3.05) is 13.1 Å². The van der Waals surface area contributed by atoms with Crippen LogP contribution in [0.4, 0.5) is 0 Å². The highest BCUT2D eigenvalue weighted by Crippen LogP contribution is 2.34. The first kappa shape index (κ1) is 15.0. The van der Waals surface area contributed by atoms with Crippen LogP contribution >= 0.6 is 15.9 Å². The number of nitrogens with one attached hydrogen (secondary N) is 1. The molecule has 3 heteroatoms. The first-order valence-corrected chi connectivity index (χ1v) is 8.24. The minimum Gasteiger partial charge on any atom is -0.316 e. The first-order chi connectivity index (χ1) is 9.15. The third-order valence-electron chi connectivity index (χ3n) is 4.04. The molecule has 0 radical (unpaired) electrons. The van der Waals surface area contributed by atoms with E-state index in [1.165, 1.54) is 37.8 Å². The summed E-state index contributed by atoms with van der Waals surface area (Å²) in [5, 5.41) is 3.63. The molecule has 19 heavy (non-hydrogen) atoms. The molecule has 1 aliphatic carbocycles. The highest BCUT2D eigenvalue weighted by atomic mass is 79.9. The monoisotopic (exact) mass is 324 g/mol. The highest BCUT2D eigenvalue weighted by molar-refractivity contribution is 9.10. The van der Waals surface area contributed by atoms with E-state index in [1.54, 1.807) is 0 Å². The average Bonchev–Trinajstić information content (AvgIpc) is 2.76. The number of pyridine rings is 1. The topological polar surface area (TPSA) is 24.9 Å². The average molecular weight is 325 g/mol. The number of rotatable bonds is 6. The number of halogens is 1. The Kier molecular flexibility index (Phi) is 5.83. The Bertz CT molecular complexity index is 392. The summed E-state index contributed by atoms with van der Waals surface area (Å²) in [6, 6.07) is 2.21. The highest BCUT2D eigenvalue weighted by Gasteiger charge is 2.27. The Morgan fingerprint density at radius 2 is 2.11 bits per heavy atom. The van der Waals surface area contributed by atoms with Crippen molar-refractivity contribution in [1.29, 1.82) is 0 Å². The lowest BCUT2D eigenvalue weighted by Gasteiger charge is -2.20. The van der Waals surface area contributed by atoms with Crippen molar-refractivity contribution < 1.29 is 0 Å². The standard InChI is InChI=1S/C16H25BrN2/c1-12(2)8-18-10-15-5-3-4-14(15)6-13-7-16(17)11-19-9-13/h7,9,11-12,14-15,18H,3-6,8,10H2,1-2H3. The molecule has 1 heterocycles. The van der Waals surface area contributed by atoms with Crippen LogP contribution in [-0.4, -0.2) is 18.1 Å². The first-order valence-electron chi connectivity index (χ1n) is 7.45. The van der Waals surface area contributed by atoms with Crippen molar-refractivity contribution in [1.82, 2.24) is 10.3 Å². The van der Waals surface area contributed by atoms with Gasteiger partial charge in [0.1, 0.15) is 0 Å². The molecular formula is C16H25BrN2.